The van der Waals surface area contributed by atoms with Gasteiger partial charge in [-0.1, -0.05) is 12.1 Å². The summed E-state index contributed by atoms with van der Waals surface area (Å²) < 4.78 is 14.8. The molecule has 0 aliphatic carbocycles. The van der Waals surface area contributed by atoms with Crippen molar-refractivity contribution in [3.05, 3.63) is 76.5 Å². The summed E-state index contributed by atoms with van der Waals surface area (Å²) in [6.45, 7) is 1.67. The standard InChI is InChI=1S/C23H21NO6/c1-14-20(23(27)30-4)19(13-15-6-5-7-18(12-15)28-2)21(25)24(14)17-10-8-16(9-11-17)22(26)29-3/h5-13H,1-4H3. The van der Waals surface area contributed by atoms with Crippen molar-refractivity contribution in [1.29, 1.82) is 0 Å². The number of esters is 2. The van der Waals surface area contributed by atoms with Crippen molar-refractivity contribution in [3.63, 3.8) is 0 Å². The normalized spacial score (nSPS) is 14.9. The molecule has 0 fully saturated rings. The van der Waals surface area contributed by atoms with Crippen LogP contribution in [0.1, 0.15) is 22.8 Å². The number of anilines is 1. The molecule has 0 bridgehead atoms. The van der Waals surface area contributed by atoms with Crippen LogP contribution in [0.25, 0.3) is 6.08 Å². The summed E-state index contributed by atoms with van der Waals surface area (Å²) in [6.07, 6.45) is 1.63. The summed E-state index contributed by atoms with van der Waals surface area (Å²) in [5.74, 6) is -0.828. The molecular formula is C23H21NO6. The molecule has 1 aliphatic heterocycles. The van der Waals surface area contributed by atoms with Crippen LogP contribution in [-0.2, 0) is 19.1 Å². The first kappa shape index (κ1) is 20.9. The highest BCUT2D eigenvalue weighted by molar-refractivity contribution is 6.23. The Morgan fingerprint density at radius 3 is 2.20 bits per heavy atom. The third-order valence-electron chi connectivity index (χ3n) is 4.74. The molecule has 2 aromatic rings. The number of methoxy groups -OCH3 is 3. The van der Waals surface area contributed by atoms with Crippen molar-refractivity contribution in [3.8, 4) is 5.75 Å². The third-order valence-corrected chi connectivity index (χ3v) is 4.74. The van der Waals surface area contributed by atoms with Crippen molar-refractivity contribution in [2.24, 2.45) is 0 Å². The molecular weight excluding hydrogens is 386 g/mol. The van der Waals surface area contributed by atoms with Crippen LogP contribution in [0.15, 0.2) is 65.4 Å². The van der Waals surface area contributed by atoms with Gasteiger partial charge >= 0.3 is 11.9 Å². The van der Waals surface area contributed by atoms with E-state index in [9.17, 15) is 14.4 Å². The Hall–Kier alpha value is -3.87. The number of nitrogens with zero attached hydrogens (tertiary/aromatic N) is 1. The van der Waals surface area contributed by atoms with E-state index in [-0.39, 0.29) is 17.1 Å². The van der Waals surface area contributed by atoms with Gasteiger partial charge in [-0.3, -0.25) is 9.69 Å². The van der Waals surface area contributed by atoms with Crippen molar-refractivity contribution in [2.75, 3.05) is 26.2 Å². The van der Waals surface area contributed by atoms with E-state index in [1.54, 1.807) is 68.6 Å². The van der Waals surface area contributed by atoms with Gasteiger partial charge in [0.05, 0.1) is 38.0 Å². The molecule has 0 aromatic heterocycles. The summed E-state index contributed by atoms with van der Waals surface area (Å²) in [5.41, 5.74) is 2.41. The molecule has 0 saturated heterocycles. The number of benzene rings is 2. The predicted octanol–water partition coefficient (Wildman–Crippen LogP) is 3.36. The summed E-state index contributed by atoms with van der Waals surface area (Å²) in [7, 11) is 4.12. The van der Waals surface area contributed by atoms with Gasteiger partial charge in [0.1, 0.15) is 5.75 Å². The minimum Gasteiger partial charge on any atom is -0.497 e. The van der Waals surface area contributed by atoms with Crippen LogP contribution >= 0.6 is 0 Å². The number of ether oxygens (including phenoxy) is 3. The van der Waals surface area contributed by atoms with Gasteiger partial charge in [0.15, 0.2) is 0 Å². The summed E-state index contributed by atoms with van der Waals surface area (Å²) in [5, 5.41) is 0. The molecule has 154 valence electrons. The van der Waals surface area contributed by atoms with E-state index in [1.807, 2.05) is 0 Å². The average Bonchev–Trinajstić information content (AvgIpc) is 3.02. The average molecular weight is 407 g/mol. The Morgan fingerprint density at radius 1 is 0.933 bits per heavy atom. The molecule has 0 unspecified atom stereocenters. The second-order valence-electron chi connectivity index (χ2n) is 6.47. The Labute approximate surface area is 174 Å². The highest BCUT2D eigenvalue weighted by atomic mass is 16.5. The predicted molar refractivity (Wildman–Crippen MR) is 111 cm³/mol. The smallest absolute Gasteiger partial charge is 0.340 e. The van der Waals surface area contributed by atoms with E-state index in [0.717, 1.165) is 0 Å². The Morgan fingerprint density at radius 2 is 1.60 bits per heavy atom. The molecule has 0 atom stereocenters. The zero-order valence-electron chi connectivity index (χ0n) is 17.1. The number of hydrogen-bond acceptors (Lipinski definition) is 6. The fraction of sp³-hybridized carbons (Fsp3) is 0.174. The first-order valence-electron chi connectivity index (χ1n) is 9.09. The van der Waals surface area contributed by atoms with Gasteiger partial charge in [0, 0.05) is 11.4 Å². The Kier molecular flexibility index (Phi) is 6.01. The second-order valence-corrected chi connectivity index (χ2v) is 6.47. The van der Waals surface area contributed by atoms with Crippen LogP contribution in [0.3, 0.4) is 0 Å². The maximum atomic E-state index is 13.3. The molecule has 0 saturated carbocycles. The van der Waals surface area contributed by atoms with Crippen LogP contribution in [0.2, 0.25) is 0 Å². The molecule has 0 spiro atoms. The van der Waals surface area contributed by atoms with Crippen LogP contribution in [0.4, 0.5) is 5.69 Å². The van der Waals surface area contributed by atoms with Gasteiger partial charge in [-0.15, -0.1) is 0 Å². The van der Waals surface area contributed by atoms with Gasteiger partial charge in [0.2, 0.25) is 0 Å². The number of amides is 1. The lowest BCUT2D eigenvalue weighted by molar-refractivity contribution is -0.136. The molecule has 1 aliphatic rings. The van der Waals surface area contributed by atoms with Crippen molar-refractivity contribution >= 4 is 29.6 Å². The highest BCUT2D eigenvalue weighted by Crippen LogP contribution is 2.35. The zero-order chi connectivity index (χ0) is 21.8. The van der Waals surface area contributed by atoms with Crippen LogP contribution in [-0.4, -0.2) is 39.2 Å². The molecule has 3 rings (SSSR count). The van der Waals surface area contributed by atoms with Crippen LogP contribution < -0.4 is 9.64 Å². The topological polar surface area (TPSA) is 82.1 Å². The van der Waals surface area contributed by atoms with Gasteiger partial charge < -0.3 is 14.2 Å². The lowest BCUT2D eigenvalue weighted by atomic mass is 10.0. The number of hydrogen-bond donors (Lipinski definition) is 0. The van der Waals surface area contributed by atoms with Crippen LogP contribution in [0, 0.1) is 0 Å². The largest absolute Gasteiger partial charge is 0.497 e. The molecule has 7 nitrogen and oxygen atoms in total. The summed E-state index contributed by atoms with van der Waals surface area (Å²) >= 11 is 0. The van der Waals surface area contributed by atoms with E-state index >= 15 is 0 Å². The molecule has 0 N–H and O–H groups in total. The first-order chi connectivity index (χ1) is 14.4. The zero-order valence-corrected chi connectivity index (χ0v) is 17.1. The summed E-state index contributed by atoms with van der Waals surface area (Å²) in [4.78, 5) is 38.8. The van der Waals surface area contributed by atoms with Gasteiger partial charge in [-0.05, 0) is 55.0 Å². The molecule has 0 radical (unpaired) electrons. The van der Waals surface area contributed by atoms with Crippen molar-refractivity contribution in [2.45, 2.75) is 6.92 Å². The maximum Gasteiger partial charge on any atom is 0.340 e. The highest BCUT2D eigenvalue weighted by Gasteiger charge is 2.37. The van der Waals surface area contributed by atoms with E-state index in [0.29, 0.717) is 28.3 Å². The van der Waals surface area contributed by atoms with E-state index in [4.69, 9.17) is 14.2 Å². The fourth-order valence-corrected chi connectivity index (χ4v) is 3.25. The van der Waals surface area contributed by atoms with E-state index in [2.05, 4.69) is 0 Å². The SMILES string of the molecule is COC(=O)C1=C(C)N(c2ccc(C(=O)OC)cc2)C(=O)C1=Cc1cccc(OC)c1. The molecule has 1 heterocycles. The molecule has 7 heteroatoms. The minimum absolute atomic E-state index is 0.183. The Balaban J connectivity index is 2.07. The van der Waals surface area contributed by atoms with Crippen molar-refractivity contribution < 1.29 is 28.6 Å². The number of allylic oxidation sites excluding steroid dienone is 1. The van der Waals surface area contributed by atoms with Gasteiger partial charge in [-0.2, -0.15) is 0 Å². The first-order valence-corrected chi connectivity index (χ1v) is 9.09. The van der Waals surface area contributed by atoms with Crippen molar-refractivity contribution in [1.82, 2.24) is 0 Å². The third kappa shape index (κ3) is 3.82. The second kappa shape index (κ2) is 8.65. The molecule has 30 heavy (non-hydrogen) atoms. The fourth-order valence-electron chi connectivity index (χ4n) is 3.25. The molecule has 1 amide bonds. The monoisotopic (exact) mass is 407 g/mol. The number of rotatable bonds is 5. The quantitative estimate of drug-likeness (QED) is 0.558. The Bertz CT molecular complexity index is 1070. The van der Waals surface area contributed by atoms with Crippen LogP contribution in [0.5, 0.6) is 5.75 Å². The lowest BCUT2D eigenvalue weighted by Gasteiger charge is -2.18. The number of carbonyl (C=O) groups excluding carboxylic acids is 3. The summed E-state index contributed by atoms with van der Waals surface area (Å²) in [6, 6.07) is 13.5. The maximum absolute atomic E-state index is 13.3. The molecule has 2 aromatic carbocycles. The van der Waals surface area contributed by atoms with E-state index in [1.165, 1.54) is 19.1 Å². The minimum atomic E-state index is -0.608. The van der Waals surface area contributed by atoms with Gasteiger partial charge in [-0.25, -0.2) is 9.59 Å². The van der Waals surface area contributed by atoms with Gasteiger partial charge in [0.25, 0.3) is 5.91 Å². The number of carbonyl (C=O) groups is 3. The lowest BCUT2D eigenvalue weighted by Crippen LogP contribution is -2.24. The van der Waals surface area contributed by atoms with E-state index < -0.39 is 11.9 Å².